The Morgan fingerprint density at radius 3 is 2.60 bits per heavy atom. The molecule has 15 heavy (non-hydrogen) atoms. The van der Waals surface area contributed by atoms with Crippen molar-refractivity contribution < 1.29 is 0 Å². The van der Waals surface area contributed by atoms with Crippen LogP contribution in [0.25, 0.3) is 0 Å². The van der Waals surface area contributed by atoms with E-state index in [0.29, 0.717) is 0 Å². The van der Waals surface area contributed by atoms with E-state index in [1.165, 1.54) is 34.6 Å². The first-order chi connectivity index (χ1) is 7.27. The summed E-state index contributed by atoms with van der Waals surface area (Å²) in [5.74, 6) is 0. The molecule has 1 aromatic rings. The van der Waals surface area contributed by atoms with Gasteiger partial charge in [-0.1, -0.05) is 63.2 Å². The average Bonchev–Trinajstić information content (AvgIpc) is 2.21. The van der Waals surface area contributed by atoms with Crippen LogP contribution in [-0.4, -0.2) is 0 Å². The number of rotatable bonds is 6. The van der Waals surface area contributed by atoms with Gasteiger partial charge in [0.2, 0.25) is 0 Å². The highest BCUT2D eigenvalue weighted by atomic mass is 32.2. The summed E-state index contributed by atoms with van der Waals surface area (Å²) in [5.41, 5.74) is 1.46. The molecule has 1 aromatic carbocycles. The predicted octanol–water partition coefficient (Wildman–Crippen LogP) is 5.05. The van der Waals surface area contributed by atoms with E-state index in [0.717, 1.165) is 6.42 Å². The van der Waals surface area contributed by atoms with Gasteiger partial charge in [0, 0.05) is 4.90 Å². The fourth-order valence-corrected chi connectivity index (χ4v) is 2.63. The molecule has 0 saturated heterocycles. The van der Waals surface area contributed by atoms with Crippen LogP contribution < -0.4 is 0 Å². The first-order valence-corrected chi connectivity index (χ1v) is 6.53. The van der Waals surface area contributed by atoms with Gasteiger partial charge in [0.25, 0.3) is 0 Å². The van der Waals surface area contributed by atoms with E-state index in [1.54, 1.807) is 0 Å². The minimum absolute atomic E-state index is 1.12. The molecule has 0 aromatic heterocycles. The standard InChI is InChI=1S/C14H20S/c1-4-8-12(3)15-14-11-7-6-10-13(14)9-5-2/h6-7,10-11H,3-5,8-9H2,1-2H3. The van der Waals surface area contributed by atoms with Gasteiger partial charge in [-0.3, -0.25) is 0 Å². The van der Waals surface area contributed by atoms with Crippen molar-refractivity contribution in [3.63, 3.8) is 0 Å². The number of hydrogen-bond donors (Lipinski definition) is 0. The van der Waals surface area contributed by atoms with E-state index >= 15 is 0 Å². The lowest BCUT2D eigenvalue weighted by Crippen LogP contribution is -1.87. The topological polar surface area (TPSA) is 0 Å². The zero-order valence-electron chi connectivity index (χ0n) is 9.75. The maximum absolute atomic E-state index is 4.10. The number of thioether (sulfide) groups is 1. The van der Waals surface area contributed by atoms with Crippen molar-refractivity contribution in [1.82, 2.24) is 0 Å². The molecule has 1 heteroatoms. The third-order valence-corrected chi connectivity index (χ3v) is 3.39. The van der Waals surface area contributed by atoms with Gasteiger partial charge in [0.05, 0.1) is 0 Å². The van der Waals surface area contributed by atoms with E-state index in [9.17, 15) is 0 Å². The SMILES string of the molecule is C=C(CCC)Sc1ccccc1CCC. The molecule has 82 valence electrons. The van der Waals surface area contributed by atoms with Crippen molar-refractivity contribution in [2.75, 3.05) is 0 Å². The largest absolute Gasteiger partial charge is 0.0949 e. The molecule has 0 N–H and O–H groups in total. The highest BCUT2D eigenvalue weighted by Crippen LogP contribution is 2.31. The molecule has 0 saturated carbocycles. The molecule has 0 atom stereocenters. The lowest BCUT2D eigenvalue weighted by atomic mass is 10.1. The van der Waals surface area contributed by atoms with Gasteiger partial charge in [-0.15, -0.1) is 0 Å². The van der Waals surface area contributed by atoms with Crippen molar-refractivity contribution in [2.24, 2.45) is 0 Å². The Hall–Kier alpha value is -0.690. The molecular weight excluding hydrogens is 200 g/mol. The molecule has 0 aliphatic heterocycles. The zero-order chi connectivity index (χ0) is 11.1. The summed E-state index contributed by atoms with van der Waals surface area (Å²) in [5, 5.41) is 0. The second-order valence-electron chi connectivity index (χ2n) is 3.75. The van der Waals surface area contributed by atoms with Crippen LogP contribution in [0.2, 0.25) is 0 Å². The third-order valence-electron chi connectivity index (χ3n) is 2.28. The summed E-state index contributed by atoms with van der Waals surface area (Å²) in [6.07, 6.45) is 4.67. The van der Waals surface area contributed by atoms with Crippen LogP contribution in [-0.2, 0) is 6.42 Å². The number of aryl methyl sites for hydroxylation is 1. The summed E-state index contributed by atoms with van der Waals surface area (Å²) < 4.78 is 0. The van der Waals surface area contributed by atoms with Crippen LogP contribution in [0.4, 0.5) is 0 Å². The molecule has 0 unspecified atom stereocenters. The third kappa shape index (κ3) is 4.13. The highest BCUT2D eigenvalue weighted by Gasteiger charge is 2.03. The Bertz CT molecular complexity index is 315. The molecule has 0 amide bonds. The average molecular weight is 220 g/mol. The smallest absolute Gasteiger partial charge is 0.0150 e. The Balaban J connectivity index is 2.70. The lowest BCUT2D eigenvalue weighted by molar-refractivity contribution is 0.900. The van der Waals surface area contributed by atoms with E-state index in [1.807, 2.05) is 11.8 Å². The van der Waals surface area contributed by atoms with Gasteiger partial charge in [-0.05, 0) is 29.4 Å². The summed E-state index contributed by atoms with van der Waals surface area (Å²) >= 11 is 1.84. The monoisotopic (exact) mass is 220 g/mol. The fraction of sp³-hybridized carbons (Fsp3) is 0.429. The minimum atomic E-state index is 1.12. The van der Waals surface area contributed by atoms with Gasteiger partial charge in [-0.2, -0.15) is 0 Å². The molecule has 0 spiro atoms. The van der Waals surface area contributed by atoms with Crippen molar-refractivity contribution in [1.29, 1.82) is 0 Å². The Morgan fingerprint density at radius 2 is 1.93 bits per heavy atom. The van der Waals surface area contributed by atoms with Crippen molar-refractivity contribution >= 4 is 11.8 Å². The number of hydrogen-bond acceptors (Lipinski definition) is 1. The molecular formula is C14H20S. The second kappa shape index (κ2) is 6.73. The summed E-state index contributed by atoms with van der Waals surface area (Å²) in [6.45, 7) is 8.53. The van der Waals surface area contributed by atoms with Crippen LogP contribution in [0.15, 0.2) is 40.6 Å². The van der Waals surface area contributed by atoms with Crippen LogP contribution in [0.1, 0.15) is 38.7 Å². The van der Waals surface area contributed by atoms with Crippen molar-refractivity contribution in [2.45, 2.75) is 44.4 Å². The van der Waals surface area contributed by atoms with E-state index in [-0.39, 0.29) is 0 Å². The van der Waals surface area contributed by atoms with Crippen LogP contribution in [0.5, 0.6) is 0 Å². The van der Waals surface area contributed by atoms with E-state index < -0.39 is 0 Å². The number of allylic oxidation sites excluding steroid dienone is 1. The maximum atomic E-state index is 4.10. The summed E-state index contributed by atoms with van der Waals surface area (Å²) in [4.78, 5) is 2.67. The Kier molecular flexibility index (Phi) is 5.56. The zero-order valence-corrected chi connectivity index (χ0v) is 10.6. The van der Waals surface area contributed by atoms with Crippen LogP contribution in [0.3, 0.4) is 0 Å². The van der Waals surface area contributed by atoms with Gasteiger partial charge < -0.3 is 0 Å². The Labute approximate surface area is 97.8 Å². The van der Waals surface area contributed by atoms with Crippen LogP contribution in [0, 0.1) is 0 Å². The van der Waals surface area contributed by atoms with Gasteiger partial charge in [0.1, 0.15) is 0 Å². The molecule has 0 fully saturated rings. The fourth-order valence-electron chi connectivity index (χ4n) is 1.56. The molecule has 1 rings (SSSR count). The first kappa shape index (κ1) is 12.4. The van der Waals surface area contributed by atoms with Gasteiger partial charge in [-0.25, -0.2) is 0 Å². The Morgan fingerprint density at radius 1 is 1.20 bits per heavy atom. The number of benzene rings is 1. The van der Waals surface area contributed by atoms with Crippen LogP contribution >= 0.6 is 11.8 Å². The predicted molar refractivity (Wildman–Crippen MR) is 70.3 cm³/mol. The second-order valence-corrected chi connectivity index (χ2v) is 4.97. The van der Waals surface area contributed by atoms with E-state index in [2.05, 4.69) is 44.7 Å². The molecule has 0 radical (unpaired) electrons. The molecule has 0 bridgehead atoms. The summed E-state index contributed by atoms with van der Waals surface area (Å²) in [6, 6.07) is 8.67. The quantitative estimate of drug-likeness (QED) is 0.605. The van der Waals surface area contributed by atoms with Crippen molar-refractivity contribution in [3.05, 3.63) is 41.3 Å². The van der Waals surface area contributed by atoms with Crippen molar-refractivity contribution in [3.8, 4) is 0 Å². The lowest BCUT2D eigenvalue weighted by Gasteiger charge is -2.09. The first-order valence-electron chi connectivity index (χ1n) is 5.71. The molecule has 0 aliphatic rings. The van der Waals surface area contributed by atoms with E-state index in [4.69, 9.17) is 0 Å². The van der Waals surface area contributed by atoms with Gasteiger partial charge >= 0.3 is 0 Å². The molecule has 0 aliphatic carbocycles. The maximum Gasteiger partial charge on any atom is 0.0150 e. The molecule has 0 heterocycles. The summed E-state index contributed by atoms with van der Waals surface area (Å²) in [7, 11) is 0. The molecule has 0 nitrogen and oxygen atoms in total. The van der Waals surface area contributed by atoms with Gasteiger partial charge in [0.15, 0.2) is 0 Å². The normalized spacial score (nSPS) is 10.3. The highest BCUT2D eigenvalue weighted by molar-refractivity contribution is 8.03. The minimum Gasteiger partial charge on any atom is -0.0949 e.